The van der Waals surface area contributed by atoms with Gasteiger partial charge in [-0.25, -0.2) is 4.57 Å². The first-order valence-corrected chi connectivity index (χ1v) is 11.4. The summed E-state index contributed by atoms with van der Waals surface area (Å²) in [6, 6.07) is 13.2. The number of hydrogen-bond acceptors (Lipinski definition) is 2. The molecule has 2 aromatic heterocycles. The Kier molecular flexibility index (Phi) is 3.98. The second-order valence-corrected chi connectivity index (χ2v) is 9.78. The van der Waals surface area contributed by atoms with Crippen LogP contribution in [0, 0.1) is 26.7 Å². The summed E-state index contributed by atoms with van der Waals surface area (Å²) in [5.41, 5.74) is 9.30. The van der Waals surface area contributed by atoms with Gasteiger partial charge in [0.2, 0.25) is 5.69 Å². The van der Waals surface area contributed by atoms with Gasteiger partial charge in [-0.15, -0.1) is 0 Å². The summed E-state index contributed by atoms with van der Waals surface area (Å²) >= 11 is 0. The van der Waals surface area contributed by atoms with E-state index in [4.69, 9.17) is 9.15 Å². The topological polar surface area (TPSA) is 26.2 Å². The van der Waals surface area contributed by atoms with Crippen molar-refractivity contribution < 1.29 is 13.7 Å². The van der Waals surface area contributed by atoms with E-state index in [9.17, 15) is 0 Å². The van der Waals surface area contributed by atoms with Crippen LogP contribution in [0.4, 0.5) is 0 Å². The molecular weight excluding hydrogens is 394 g/mol. The minimum absolute atomic E-state index is 0.614. The summed E-state index contributed by atoms with van der Waals surface area (Å²) in [7, 11) is 2.13. The van der Waals surface area contributed by atoms with Gasteiger partial charge in [-0.2, -0.15) is 0 Å². The molecule has 160 valence electrons. The molecule has 3 nitrogen and oxygen atoms in total. The molecule has 6 rings (SSSR count). The molecule has 1 aliphatic rings. The van der Waals surface area contributed by atoms with Crippen LogP contribution in [0.3, 0.4) is 0 Å². The van der Waals surface area contributed by atoms with Crippen molar-refractivity contribution >= 4 is 32.7 Å². The molecule has 3 heterocycles. The van der Waals surface area contributed by atoms with Gasteiger partial charge in [-0.05, 0) is 61.4 Å². The quantitative estimate of drug-likeness (QED) is 0.271. The zero-order valence-corrected chi connectivity index (χ0v) is 19.6. The maximum Gasteiger partial charge on any atom is 0.228 e. The number of fused-ring (bicyclic) bond motifs is 6. The monoisotopic (exact) mass is 422 g/mol. The van der Waals surface area contributed by atoms with Gasteiger partial charge in [0.15, 0.2) is 6.20 Å². The number of ether oxygens (including phenoxy) is 1. The SMILES string of the molecule is Cc1cc(C)c2c(c1C)-c1c3c(cc4oc5cc(CC(C)C)ccc5c4c3cc[n+]1C)O2. The first-order chi connectivity index (χ1) is 15.3. The molecule has 0 fully saturated rings. The molecule has 5 aromatic rings. The Hall–Kier alpha value is -3.33. The minimum atomic E-state index is 0.614. The highest BCUT2D eigenvalue weighted by Crippen LogP contribution is 2.51. The van der Waals surface area contributed by atoms with Crippen LogP contribution in [0.1, 0.15) is 36.1 Å². The summed E-state index contributed by atoms with van der Waals surface area (Å²) in [4.78, 5) is 0. The third kappa shape index (κ3) is 2.57. The van der Waals surface area contributed by atoms with E-state index in [1.807, 2.05) is 0 Å². The minimum Gasteiger partial charge on any atom is -0.456 e. The number of aromatic nitrogens is 1. The number of hydrogen-bond donors (Lipinski definition) is 0. The first kappa shape index (κ1) is 19.4. The van der Waals surface area contributed by atoms with Crippen LogP contribution in [0.2, 0.25) is 0 Å². The predicted molar refractivity (Wildman–Crippen MR) is 131 cm³/mol. The van der Waals surface area contributed by atoms with Crippen LogP contribution < -0.4 is 9.30 Å². The van der Waals surface area contributed by atoms with Gasteiger partial charge in [0.25, 0.3) is 0 Å². The van der Waals surface area contributed by atoms with Crippen LogP contribution in [0.5, 0.6) is 11.5 Å². The van der Waals surface area contributed by atoms with Crippen molar-refractivity contribution in [2.75, 3.05) is 0 Å². The number of nitrogens with zero attached hydrogens (tertiary/aromatic N) is 1. The molecule has 0 aliphatic carbocycles. The molecule has 3 aromatic carbocycles. The lowest BCUT2D eigenvalue weighted by molar-refractivity contribution is -0.659. The molecule has 0 saturated heterocycles. The number of furan rings is 1. The van der Waals surface area contributed by atoms with Crippen LogP contribution >= 0.6 is 0 Å². The number of rotatable bonds is 2. The van der Waals surface area contributed by atoms with Gasteiger partial charge in [0.1, 0.15) is 29.7 Å². The molecule has 0 saturated carbocycles. The van der Waals surface area contributed by atoms with E-state index in [2.05, 4.69) is 88.8 Å². The summed E-state index contributed by atoms with van der Waals surface area (Å²) < 4.78 is 15.2. The van der Waals surface area contributed by atoms with Gasteiger partial charge in [0, 0.05) is 28.3 Å². The fourth-order valence-corrected chi connectivity index (χ4v) is 5.41. The lowest BCUT2D eigenvalue weighted by Gasteiger charge is -2.23. The third-order valence-electron chi connectivity index (χ3n) is 6.96. The van der Waals surface area contributed by atoms with Crippen molar-refractivity contribution in [1.29, 1.82) is 0 Å². The molecule has 32 heavy (non-hydrogen) atoms. The normalized spacial score (nSPS) is 12.7. The summed E-state index contributed by atoms with van der Waals surface area (Å²) in [5.74, 6) is 2.44. The first-order valence-electron chi connectivity index (χ1n) is 11.4. The van der Waals surface area contributed by atoms with Crippen molar-refractivity contribution in [2.24, 2.45) is 13.0 Å². The Balaban J connectivity index is 1.74. The molecule has 0 unspecified atom stereocenters. The van der Waals surface area contributed by atoms with Crippen LogP contribution in [-0.4, -0.2) is 0 Å². The van der Waals surface area contributed by atoms with Gasteiger partial charge in [-0.3, -0.25) is 0 Å². The summed E-state index contributed by atoms with van der Waals surface area (Å²) in [5, 5.41) is 4.69. The average Bonchev–Trinajstić information content (AvgIpc) is 3.10. The van der Waals surface area contributed by atoms with Crippen LogP contribution in [0.15, 0.2) is 47.0 Å². The van der Waals surface area contributed by atoms with Crippen molar-refractivity contribution in [2.45, 2.75) is 41.0 Å². The van der Waals surface area contributed by atoms with Crippen LogP contribution in [-0.2, 0) is 13.5 Å². The molecular formula is C29H28NO2+. The van der Waals surface area contributed by atoms with E-state index in [1.54, 1.807) is 0 Å². The highest BCUT2D eigenvalue weighted by Gasteiger charge is 2.32. The molecule has 0 radical (unpaired) electrons. The number of aryl methyl sites for hydroxylation is 3. The summed E-state index contributed by atoms with van der Waals surface area (Å²) in [6.45, 7) is 11.0. The Bertz CT molecular complexity index is 1590. The Labute approximate surface area is 188 Å². The number of benzene rings is 3. The van der Waals surface area contributed by atoms with Crippen molar-refractivity contribution in [1.82, 2.24) is 0 Å². The maximum atomic E-state index is 6.58. The Morgan fingerprint density at radius 2 is 1.69 bits per heavy atom. The van der Waals surface area contributed by atoms with E-state index in [1.165, 1.54) is 44.1 Å². The second-order valence-electron chi connectivity index (χ2n) is 9.78. The van der Waals surface area contributed by atoms with Crippen molar-refractivity contribution in [3.63, 3.8) is 0 Å². The highest BCUT2D eigenvalue weighted by molar-refractivity contribution is 6.22. The van der Waals surface area contributed by atoms with Gasteiger partial charge in [-0.1, -0.05) is 32.0 Å². The van der Waals surface area contributed by atoms with E-state index in [-0.39, 0.29) is 0 Å². The molecule has 0 bridgehead atoms. The molecule has 1 aliphatic heterocycles. The van der Waals surface area contributed by atoms with Gasteiger partial charge < -0.3 is 9.15 Å². The average molecular weight is 423 g/mol. The summed E-state index contributed by atoms with van der Waals surface area (Å²) in [6.07, 6.45) is 3.22. The fraction of sp³-hybridized carbons (Fsp3) is 0.276. The zero-order valence-electron chi connectivity index (χ0n) is 19.6. The lowest BCUT2D eigenvalue weighted by atomic mass is 9.90. The lowest BCUT2D eigenvalue weighted by Crippen LogP contribution is -2.32. The number of pyridine rings is 1. The van der Waals surface area contributed by atoms with Gasteiger partial charge in [0.05, 0.1) is 10.9 Å². The predicted octanol–water partition coefficient (Wildman–Crippen LogP) is 7.46. The molecule has 3 heteroatoms. The van der Waals surface area contributed by atoms with E-state index in [0.29, 0.717) is 5.92 Å². The Morgan fingerprint density at radius 3 is 2.47 bits per heavy atom. The van der Waals surface area contributed by atoms with Crippen molar-refractivity contribution in [3.8, 4) is 22.8 Å². The second kappa shape index (κ2) is 6.59. The highest BCUT2D eigenvalue weighted by atomic mass is 16.5. The molecule has 0 N–H and O–H groups in total. The Morgan fingerprint density at radius 1 is 0.875 bits per heavy atom. The molecule has 0 spiro atoms. The molecule has 0 atom stereocenters. The fourth-order valence-electron chi connectivity index (χ4n) is 5.41. The smallest absolute Gasteiger partial charge is 0.228 e. The molecule has 0 amide bonds. The standard InChI is InChI=1S/C29H28NO2/c1-15(2)11-19-7-8-20-22(13-19)31-23-14-24-27-21(26(20)23)9-10-30(6)28(27)25-18(5)16(3)12-17(4)29(25)32-24/h7-10,12-15H,11H2,1-6H3/q+1. The maximum absolute atomic E-state index is 6.58. The van der Waals surface area contributed by atoms with E-state index >= 15 is 0 Å². The largest absolute Gasteiger partial charge is 0.456 e. The van der Waals surface area contributed by atoms with E-state index < -0.39 is 0 Å². The van der Waals surface area contributed by atoms with Gasteiger partial charge >= 0.3 is 0 Å². The van der Waals surface area contributed by atoms with E-state index in [0.717, 1.165) is 40.0 Å². The van der Waals surface area contributed by atoms with Crippen molar-refractivity contribution in [3.05, 3.63) is 64.8 Å². The van der Waals surface area contributed by atoms with Crippen LogP contribution in [0.25, 0.3) is 44.0 Å². The zero-order chi connectivity index (χ0) is 22.3. The third-order valence-corrected chi connectivity index (χ3v) is 6.96.